The summed E-state index contributed by atoms with van der Waals surface area (Å²) in [5.41, 5.74) is 2.68. The summed E-state index contributed by atoms with van der Waals surface area (Å²) in [6, 6.07) is 22.0. The lowest BCUT2D eigenvalue weighted by Gasteiger charge is -2.14. The van der Waals surface area contributed by atoms with Crippen molar-refractivity contribution < 1.29 is 43.5 Å². The zero-order chi connectivity index (χ0) is 33.7. The topological polar surface area (TPSA) is 121 Å². The molecule has 3 rings (SSSR count). The zero-order valence-electron chi connectivity index (χ0n) is 27.7. The summed E-state index contributed by atoms with van der Waals surface area (Å²) in [4.78, 5) is 23.1. The molecule has 0 aliphatic rings. The highest BCUT2D eigenvalue weighted by molar-refractivity contribution is 5.92. The second-order valence-electron chi connectivity index (χ2n) is 11.7. The van der Waals surface area contributed by atoms with E-state index < -0.39 is 24.1 Å². The average molecular weight is 651 g/mol. The Morgan fingerprint density at radius 2 is 1.00 bits per heavy atom. The molecule has 9 heteroatoms. The Morgan fingerprint density at radius 3 is 1.45 bits per heavy atom. The molecule has 9 nitrogen and oxygen atoms in total. The van der Waals surface area contributed by atoms with Crippen molar-refractivity contribution in [2.24, 2.45) is 0 Å². The van der Waals surface area contributed by atoms with Crippen LogP contribution in [0.5, 0.6) is 11.5 Å². The predicted octanol–water partition coefficient (Wildman–Crippen LogP) is 7.59. The van der Waals surface area contributed by atoms with Gasteiger partial charge in [0.25, 0.3) is 0 Å². The third kappa shape index (κ3) is 15.5. The van der Waals surface area contributed by atoms with E-state index in [1.54, 1.807) is 13.8 Å². The minimum atomic E-state index is -1.04. The Labute approximate surface area is 278 Å². The molecular weight excluding hydrogens is 600 g/mol. The monoisotopic (exact) mass is 650 g/mol. The molecule has 47 heavy (non-hydrogen) atoms. The number of ether oxygens (including phenoxy) is 5. The third-order valence-electron chi connectivity index (χ3n) is 7.33. The van der Waals surface area contributed by atoms with E-state index in [0.29, 0.717) is 45.2 Å². The maximum atomic E-state index is 12.2. The van der Waals surface area contributed by atoms with E-state index in [2.05, 4.69) is 24.3 Å². The maximum Gasteiger partial charge on any atom is 0.338 e. The van der Waals surface area contributed by atoms with Gasteiger partial charge in [0.2, 0.25) is 0 Å². The molecule has 0 saturated heterocycles. The van der Waals surface area contributed by atoms with Gasteiger partial charge < -0.3 is 33.9 Å². The van der Waals surface area contributed by atoms with Crippen LogP contribution in [-0.4, -0.2) is 74.0 Å². The van der Waals surface area contributed by atoms with E-state index >= 15 is 0 Å². The molecule has 3 aromatic rings. The molecule has 0 aliphatic heterocycles. The molecule has 0 radical (unpaired) electrons. The van der Waals surface area contributed by atoms with Crippen molar-refractivity contribution in [3.05, 3.63) is 83.9 Å². The van der Waals surface area contributed by atoms with Crippen LogP contribution in [0.2, 0.25) is 0 Å². The van der Waals surface area contributed by atoms with Crippen molar-refractivity contribution in [1.82, 2.24) is 0 Å². The van der Waals surface area contributed by atoms with Crippen molar-refractivity contribution in [3.63, 3.8) is 0 Å². The molecule has 0 bridgehead atoms. The molecule has 0 heterocycles. The van der Waals surface area contributed by atoms with Crippen LogP contribution in [0, 0.1) is 0 Å². The van der Waals surface area contributed by atoms with Gasteiger partial charge in [-0.25, -0.2) is 9.59 Å². The number of carbonyl (C=O) groups is 2. The summed E-state index contributed by atoms with van der Waals surface area (Å²) >= 11 is 0. The van der Waals surface area contributed by atoms with Crippen LogP contribution >= 0.6 is 0 Å². The number of esters is 1. The normalized spacial score (nSPS) is 12.3. The number of hydrogen-bond donors (Lipinski definition) is 2. The van der Waals surface area contributed by atoms with Gasteiger partial charge >= 0.3 is 11.9 Å². The van der Waals surface area contributed by atoms with Gasteiger partial charge in [0.05, 0.1) is 43.7 Å². The van der Waals surface area contributed by atoms with Crippen LogP contribution in [0.3, 0.4) is 0 Å². The van der Waals surface area contributed by atoms with Crippen molar-refractivity contribution in [1.29, 1.82) is 0 Å². The molecule has 2 atom stereocenters. The number of carboxylic acids is 1. The van der Waals surface area contributed by atoms with Gasteiger partial charge in [-0.15, -0.1) is 0 Å². The highest BCUT2D eigenvalue weighted by Crippen LogP contribution is 2.25. The first kappa shape index (κ1) is 37.5. The predicted molar refractivity (Wildman–Crippen MR) is 181 cm³/mol. The van der Waals surface area contributed by atoms with Gasteiger partial charge in [-0.3, -0.25) is 0 Å². The first-order valence-electron chi connectivity index (χ1n) is 16.7. The molecule has 0 spiro atoms. The van der Waals surface area contributed by atoms with Gasteiger partial charge in [-0.05, 0) is 112 Å². The van der Waals surface area contributed by atoms with Gasteiger partial charge in [0, 0.05) is 13.2 Å². The van der Waals surface area contributed by atoms with Crippen LogP contribution in [0.25, 0.3) is 11.1 Å². The van der Waals surface area contributed by atoms with Gasteiger partial charge in [-0.1, -0.05) is 37.1 Å². The Balaban J connectivity index is 1.19. The summed E-state index contributed by atoms with van der Waals surface area (Å²) in [6.45, 7) is 6.85. The molecule has 2 unspecified atom stereocenters. The average Bonchev–Trinajstić information content (AvgIpc) is 3.07. The summed E-state index contributed by atoms with van der Waals surface area (Å²) < 4.78 is 28.2. The molecule has 2 N–H and O–H groups in total. The quantitative estimate of drug-likeness (QED) is 0.0746. The van der Waals surface area contributed by atoms with E-state index in [0.717, 1.165) is 74.0 Å². The lowest BCUT2D eigenvalue weighted by atomic mass is 10.1. The van der Waals surface area contributed by atoms with Gasteiger partial charge in [-0.2, -0.15) is 0 Å². The minimum Gasteiger partial charge on any atom is -0.494 e. The largest absolute Gasteiger partial charge is 0.494 e. The number of aromatic carboxylic acids is 1. The minimum absolute atomic E-state index is 0.121. The summed E-state index contributed by atoms with van der Waals surface area (Å²) in [5, 5.41) is 18.1. The Hall–Kier alpha value is -3.92. The first-order chi connectivity index (χ1) is 22.8. The second kappa shape index (κ2) is 21.8. The van der Waals surface area contributed by atoms with Crippen molar-refractivity contribution in [2.45, 2.75) is 77.4 Å². The van der Waals surface area contributed by atoms with Crippen LogP contribution in [0.1, 0.15) is 85.9 Å². The van der Waals surface area contributed by atoms with Crippen molar-refractivity contribution in [3.8, 4) is 22.6 Å². The van der Waals surface area contributed by atoms with E-state index in [1.807, 2.05) is 24.3 Å². The summed E-state index contributed by atoms with van der Waals surface area (Å²) in [6.07, 6.45) is 7.32. The molecule has 0 amide bonds. The molecule has 0 aromatic heterocycles. The van der Waals surface area contributed by atoms with Crippen LogP contribution in [-0.2, 0) is 14.2 Å². The molecule has 256 valence electrons. The van der Waals surface area contributed by atoms with E-state index in [-0.39, 0.29) is 5.56 Å². The van der Waals surface area contributed by atoms with Crippen LogP contribution in [0.15, 0.2) is 72.8 Å². The fourth-order valence-corrected chi connectivity index (χ4v) is 4.72. The van der Waals surface area contributed by atoms with E-state index in [4.69, 9.17) is 28.8 Å². The number of benzene rings is 3. The number of rotatable bonds is 24. The number of unbranched alkanes of at least 4 members (excludes halogenated alkanes) is 6. The number of carbonyl (C=O) groups excluding carboxylic acids is 1. The highest BCUT2D eigenvalue weighted by atomic mass is 16.6. The Morgan fingerprint density at radius 1 is 0.574 bits per heavy atom. The second-order valence-corrected chi connectivity index (χ2v) is 11.7. The molecule has 0 aliphatic carbocycles. The lowest BCUT2D eigenvalue weighted by molar-refractivity contribution is 0.00148. The van der Waals surface area contributed by atoms with Crippen LogP contribution in [0.4, 0.5) is 0 Å². The number of hydrogen-bond acceptors (Lipinski definition) is 8. The highest BCUT2D eigenvalue weighted by Gasteiger charge is 2.13. The standard InChI is InChI=1S/C38H50O9/c1-29(39)27-43-23-7-3-5-9-25-45-35-19-15-31(16-20-35)32-17-21-36(22-18-32)46-26-10-6-4-8-24-44-28-30(2)47-38(42)34-13-11-33(12-14-34)37(40)41/h11-22,29-30,39H,3-10,23-28H2,1-2H3,(H,40,41). The number of aliphatic hydroxyl groups is 1. The number of carboxylic acid groups (broad SMARTS) is 1. The van der Waals surface area contributed by atoms with Crippen molar-refractivity contribution >= 4 is 11.9 Å². The van der Waals surface area contributed by atoms with Crippen LogP contribution < -0.4 is 9.47 Å². The molecule has 3 aromatic carbocycles. The maximum absolute atomic E-state index is 12.2. The smallest absolute Gasteiger partial charge is 0.338 e. The lowest BCUT2D eigenvalue weighted by Crippen LogP contribution is -2.20. The SMILES string of the molecule is CC(O)COCCCCCCOc1ccc(-c2ccc(OCCCCCCOCC(C)OC(=O)c3ccc(C(=O)O)cc3)cc2)cc1. The Bertz CT molecular complexity index is 1290. The molecular formula is C38H50O9. The fourth-order valence-electron chi connectivity index (χ4n) is 4.72. The summed E-state index contributed by atoms with van der Waals surface area (Å²) in [5.74, 6) is 0.188. The molecule has 0 fully saturated rings. The molecule has 0 saturated carbocycles. The Kier molecular flexibility index (Phi) is 17.4. The summed E-state index contributed by atoms with van der Waals surface area (Å²) in [7, 11) is 0. The van der Waals surface area contributed by atoms with E-state index in [9.17, 15) is 14.7 Å². The first-order valence-corrected chi connectivity index (χ1v) is 16.7. The van der Waals surface area contributed by atoms with E-state index in [1.165, 1.54) is 24.3 Å². The number of aliphatic hydroxyl groups excluding tert-OH is 1. The van der Waals surface area contributed by atoms with Gasteiger partial charge in [0.15, 0.2) is 0 Å². The van der Waals surface area contributed by atoms with Crippen molar-refractivity contribution in [2.75, 3.05) is 39.6 Å². The zero-order valence-corrected chi connectivity index (χ0v) is 27.7. The third-order valence-corrected chi connectivity index (χ3v) is 7.33. The van der Waals surface area contributed by atoms with Gasteiger partial charge in [0.1, 0.15) is 17.6 Å². The fraction of sp³-hybridized carbons (Fsp3) is 0.474.